The second-order valence-corrected chi connectivity index (χ2v) is 7.49. The van der Waals surface area contributed by atoms with E-state index in [0.717, 1.165) is 34.4 Å². The molecular weight excluding hydrogens is 382 g/mol. The normalized spacial score (nSPS) is 15.4. The molecule has 3 rings (SSSR count). The highest BCUT2D eigenvalue weighted by Crippen LogP contribution is 2.32. The first-order valence-corrected chi connectivity index (χ1v) is 9.49. The van der Waals surface area contributed by atoms with Crippen LogP contribution in [-0.2, 0) is 16.0 Å². The number of aliphatic carboxylic acids is 1. The van der Waals surface area contributed by atoms with E-state index in [0.29, 0.717) is 11.5 Å². The van der Waals surface area contributed by atoms with Gasteiger partial charge in [-0.05, 0) is 29.3 Å². The molecule has 2 aromatic rings. The van der Waals surface area contributed by atoms with Gasteiger partial charge in [-0.3, -0.25) is 14.5 Å². The number of carboxylic acids is 1. The molecule has 0 aliphatic carbocycles. The van der Waals surface area contributed by atoms with Crippen molar-refractivity contribution in [1.82, 2.24) is 4.90 Å². The van der Waals surface area contributed by atoms with Gasteiger partial charge in [-0.2, -0.15) is 0 Å². The van der Waals surface area contributed by atoms with E-state index < -0.39 is 12.5 Å². The summed E-state index contributed by atoms with van der Waals surface area (Å²) in [4.78, 5) is 24.6. The fraction of sp³-hybridized carbons (Fsp3) is 0.150. The second-order valence-electron chi connectivity index (χ2n) is 5.81. The summed E-state index contributed by atoms with van der Waals surface area (Å²) in [7, 11) is 0. The quantitative estimate of drug-likeness (QED) is 0.567. The molecule has 1 heterocycles. The van der Waals surface area contributed by atoms with Crippen LogP contribution in [0.1, 0.15) is 11.1 Å². The van der Waals surface area contributed by atoms with Gasteiger partial charge in [-0.25, -0.2) is 0 Å². The standard InChI is InChI=1S/C20H17NO4S2/c22-18(23)13-21-19(24)17(27-20(21)26)12-15-6-8-16(9-7-15)25-11-10-14-4-2-1-3-5-14/h1-9,12H,10-11,13H2,(H,22,23)/b17-12-. The molecule has 7 heteroatoms. The zero-order valence-electron chi connectivity index (χ0n) is 14.3. The van der Waals surface area contributed by atoms with E-state index in [4.69, 9.17) is 22.1 Å². The van der Waals surface area contributed by atoms with Crippen LogP contribution in [0.3, 0.4) is 0 Å². The highest BCUT2D eigenvalue weighted by atomic mass is 32.2. The zero-order chi connectivity index (χ0) is 19.2. The van der Waals surface area contributed by atoms with Crippen molar-refractivity contribution in [3.8, 4) is 5.75 Å². The SMILES string of the molecule is O=C(O)CN1C(=O)/C(=C/c2ccc(OCCc3ccccc3)cc2)SC1=S. The lowest BCUT2D eigenvalue weighted by Crippen LogP contribution is -2.33. The lowest BCUT2D eigenvalue weighted by Gasteiger charge is -2.10. The number of nitrogens with zero attached hydrogens (tertiary/aromatic N) is 1. The molecule has 27 heavy (non-hydrogen) atoms. The summed E-state index contributed by atoms with van der Waals surface area (Å²) in [6, 6.07) is 17.5. The average molecular weight is 399 g/mol. The lowest BCUT2D eigenvalue weighted by molar-refractivity contribution is -0.140. The number of rotatable bonds is 7. The van der Waals surface area contributed by atoms with Crippen LogP contribution in [0.5, 0.6) is 5.75 Å². The summed E-state index contributed by atoms with van der Waals surface area (Å²) in [5.41, 5.74) is 2.04. The molecule has 2 aromatic carbocycles. The molecule has 0 aromatic heterocycles. The molecule has 1 amide bonds. The topological polar surface area (TPSA) is 66.8 Å². The number of hydrogen-bond acceptors (Lipinski definition) is 5. The molecule has 0 spiro atoms. The first kappa shape index (κ1) is 19.1. The Kier molecular flexibility index (Phi) is 6.26. The Labute approximate surface area is 166 Å². The molecule has 0 radical (unpaired) electrons. The van der Waals surface area contributed by atoms with Gasteiger partial charge in [-0.15, -0.1) is 0 Å². The number of hydrogen-bond donors (Lipinski definition) is 1. The maximum absolute atomic E-state index is 12.3. The monoisotopic (exact) mass is 399 g/mol. The number of thiocarbonyl (C=S) groups is 1. The molecule has 5 nitrogen and oxygen atoms in total. The van der Waals surface area contributed by atoms with Crippen LogP contribution in [0.15, 0.2) is 59.5 Å². The van der Waals surface area contributed by atoms with E-state index in [1.165, 1.54) is 5.56 Å². The van der Waals surface area contributed by atoms with Crippen molar-refractivity contribution in [3.05, 3.63) is 70.6 Å². The highest BCUT2D eigenvalue weighted by Gasteiger charge is 2.33. The van der Waals surface area contributed by atoms with Crippen molar-refractivity contribution in [2.45, 2.75) is 6.42 Å². The number of carbonyl (C=O) groups excluding carboxylic acids is 1. The summed E-state index contributed by atoms with van der Waals surface area (Å²) in [6.07, 6.45) is 2.53. The Balaban J connectivity index is 1.59. The zero-order valence-corrected chi connectivity index (χ0v) is 16.0. The van der Waals surface area contributed by atoms with Gasteiger partial charge in [0.2, 0.25) is 0 Å². The Hall–Kier alpha value is -2.64. The van der Waals surface area contributed by atoms with Crippen LogP contribution in [0.25, 0.3) is 6.08 Å². The molecule has 1 N–H and O–H groups in total. The van der Waals surface area contributed by atoms with E-state index >= 15 is 0 Å². The van der Waals surface area contributed by atoms with Crippen molar-refractivity contribution in [2.24, 2.45) is 0 Å². The van der Waals surface area contributed by atoms with Gasteiger partial charge < -0.3 is 9.84 Å². The maximum atomic E-state index is 12.3. The molecule has 1 aliphatic heterocycles. The number of carboxylic acid groups (broad SMARTS) is 1. The summed E-state index contributed by atoms with van der Waals surface area (Å²) >= 11 is 6.19. The Bertz CT molecular complexity index is 879. The minimum Gasteiger partial charge on any atom is -0.493 e. The van der Waals surface area contributed by atoms with Crippen LogP contribution in [0.2, 0.25) is 0 Å². The molecule has 0 saturated carbocycles. The van der Waals surface area contributed by atoms with E-state index in [2.05, 4.69) is 12.1 Å². The maximum Gasteiger partial charge on any atom is 0.323 e. The minimum atomic E-state index is -1.09. The molecule has 1 aliphatic rings. The molecule has 1 saturated heterocycles. The summed E-state index contributed by atoms with van der Waals surface area (Å²) < 4.78 is 6.01. The van der Waals surface area contributed by atoms with E-state index in [-0.39, 0.29) is 10.2 Å². The number of ether oxygens (including phenoxy) is 1. The number of benzene rings is 2. The third-order valence-corrected chi connectivity index (χ3v) is 5.22. The largest absolute Gasteiger partial charge is 0.493 e. The Morgan fingerprint density at radius 2 is 1.85 bits per heavy atom. The van der Waals surface area contributed by atoms with Gasteiger partial charge >= 0.3 is 5.97 Å². The van der Waals surface area contributed by atoms with E-state index in [1.807, 2.05) is 42.5 Å². The second kappa shape index (κ2) is 8.83. The van der Waals surface area contributed by atoms with Gasteiger partial charge in [-0.1, -0.05) is 66.4 Å². The summed E-state index contributed by atoms with van der Waals surface area (Å²) in [6.45, 7) is 0.160. The third-order valence-electron chi connectivity index (χ3n) is 3.85. The van der Waals surface area contributed by atoms with Crippen molar-refractivity contribution < 1.29 is 19.4 Å². The first-order valence-electron chi connectivity index (χ1n) is 8.27. The summed E-state index contributed by atoms with van der Waals surface area (Å²) in [5, 5.41) is 8.86. The first-order chi connectivity index (χ1) is 13.0. The van der Waals surface area contributed by atoms with Gasteiger partial charge in [0, 0.05) is 6.42 Å². The molecule has 138 valence electrons. The van der Waals surface area contributed by atoms with Crippen LogP contribution >= 0.6 is 24.0 Å². The third kappa shape index (κ3) is 5.18. The predicted octanol–water partition coefficient (Wildman–Crippen LogP) is 3.59. The van der Waals surface area contributed by atoms with Crippen molar-refractivity contribution in [1.29, 1.82) is 0 Å². The van der Waals surface area contributed by atoms with Crippen LogP contribution < -0.4 is 4.74 Å². The molecule has 1 fully saturated rings. The Morgan fingerprint density at radius 1 is 1.15 bits per heavy atom. The Morgan fingerprint density at radius 3 is 2.52 bits per heavy atom. The van der Waals surface area contributed by atoms with Crippen LogP contribution in [-0.4, -0.2) is 39.4 Å². The fourth-order valence-electron chi connectivity index (χ4n) is 2.51. The van der Waals surface area contributed by atoms with E-state index in [9.17, 15) is 9.59 Å². The smallest absolute Gasteiger partial charge is 0.323 e. The van der Waals surface area contributed by atoms with Gasteiger partial charge in [0.15, 0.2) is 0 Å². The lowest BCUT2D eigenvalue weighted by atomic mass is 10.2. The van der Waals surface area contributed by atoms with Crippen molar-refractivity contribution >= 4 is 46.3 Å². The molecule has 0 bridgehead atoms. The van der Waals surface area contributed by atoms with Gasteiger partial charge in [0.05, 0.1) is 11.5 Å². The predicted molar refractivity (Wildman–Crippen MR) is 110 cm³/mol. The van der Waals surface area contributed by atoms with Crippen LogP contribution in [0.4, 0.5) is 0 Å². The minimum absolute atomic E-state index is 0.259. The fourth-order valence-corrected chi connectivity index (χ4v) is 3.77. The van der Waals surface area contributed by atoms with Crippen molar-refractivity contribution in [2.75, 3.05) is 13.2 Å². The number of thioether (sulfide) groups is 1. The summed E-state index contributed by atoms with van der Waals surface area (Å²) in [5.74, 6) is -0.721. The average Bonchev–Trinajstić information content (AvgIpc) is 2.91. The number of carbonyl (C=O) groups is 2. The number of amides is 1. The molecule has 0 unspecified atom stereocenters. The molecule has 0 atom stereocenters. The molecular formula is C20H17NO4S2. The highest BCUT2D eigenvalue weighted by molar-refractivity contribution is 8.26. The van der Waals surface area contributed by atoms with E-state index in [1.54, 1.807) is 6.08 Å². The van der Waals surface area contributed by atoms with Crippen molar-refractivity contribution in [3.63, 3.8) is 0 Å². The van der Waals surface area contributed by atoms with Gasteiger partial charge in [0.1, 0.15) is 16.6 Å². The van der Waals surface area contributed by atoms with Crippen LogP contribution in [0, 0.1) is 0 Å². The van der Waals surface area contributed by atoms with Gasteiger partial charge in [0.25, 0.3) is 5.91 Å².